The van der Waals surface area contributed by atoms with Crippen molar-refractivity contribution >= 4 is 33.1 Å². The van der Waals surface area contributed by atoms with Crippen LogP contribution in [0, 0.1) is 6.92 Å². The van der Waals surface area contributed by atoms with Gasteiger partial charge in [0, 0.05) is 5.57 Å². The van der Waals surface area contributed by atoms with Gasteiger partial charge in [-0.15, -0.1) is 0 Å². The zero-order valence-electron chi connectivity index (χ0n) is 11.8. The Bertz CT molecular complexity index is 800. The Kier molecular flexibility index (Phi) is 4.16. The Balaban J connectivity index is 2.52. The summed E-state index contributed by atoms with van der Waals surface area (Å²) >= 11 is 5.82. The Labute approximate surface area is 128 Å². The lowest BCUT2D eigenvalue weighted by Gasteiger charge is -2.13. The van der Waals surface area contributed by atoms with Crippen LogP contribution in [0.1, 0.15) is 19.4 Å². The van der Waals surface area contributed by atoms with E-state index < -0.39 is 10.0 Å². The maximum absolute atomic E-state index is 12.3. The summed E-state index contributed by atoms with van der Waals surface area (Å²) in [7, 11) is -3.83. The van der Waals surface area contributed by atoms with Crippen LogP contribution in [0.4, 0.5) is 0 Å². The van der Waals surface area contributed by atoms with E-state index in [1.807, 2.05) is 6.92 Å². The van der Waals surface area contributed by atoms with Gasteiger partial charge in [0.1, 0.15) is 0 Å². The molecule has 1 aliphatic rings. The third-order valence-corrected chi connectivity index (χ3v) is 4.89. The van der Waals surface area contributed by atoms with Crippen molar-refractivity contribution in [2.75, 3.05) is 0 Å². The van der Waals surface area contributed by atoms with Gasteiger partial charge in [-0.25, -0.2) is 0 Å². The molecule has 21 heavy (non-hydrogen) atoms. The molecule has 1 aromatic carbocycles. The van der Waals surface area contributed by atoms with E-state index in [0.29, 0.717) is 11.1 Å². The fourth-order valence-corrected chi connectivity index (χ4v) is 3.10. The Morgan fingerprint density at radius 3 is 2.14 bits per heavy atom. The molecule has 0 unspecified atom stereocenters. The first kappa shape index (κ1) is 15.7. The zero-order chi connectivity index (χ0) is 15.8. The normalized spacial score (nSPS) is 18.2. The third-order valence-electron chi connectivity index (χ3n) is 3.31. The van der Waals surface area contributed by atoms with Gasteiger partial charge in [-0.2, -0.15) is 12.8 Å². The number of halogens is 1. The highest BCUT2D eigenvalue weighted by Gasteiger charge is 2.23. The minimum atomic E-state index is -3.83. The smallest absolute Gasteiger partial charge is 0.282 e. The average molecular weight is 324 g/mol. The molecule has 0 aliphatic heterocycles. The van der Waals surface area contributed by atoms with Crippen molar-refractivity contribution in [1.29, 1.82) is 0 Å². The Hall–Kier alpha value is -1.72. The van der Waals surface area contributed by atoms with Gasteiger partial charge in [0.15, 0.2) is 5.78 Å². The van der Waals surface area contributed by atoms with E-state index in [4.69, 9.17) is 11.6 Å². The monoisotopic (exact) mass is 323 g/mol. The highest BCUT2D eigenvalue weighted by Crippen LogP contribution is 2.23. The molecule has 0 spiro atoms. The van der Waals surface area contributed by atoms with Crippen molar-refractivity contribution in [3.63, 3.8) is 0 Å². The molecule has 0 radical (unpaired) electrons. The number of hydrogen-bond acceptors (Lipinski definition) is 3. The fourth-order valence-electron chi connectivity index (χ4n) is 1.82. The second-order valence-corrected chi connectivity index (χ2v) is 6.85. The molecule has 0 saturated carbocycles. The van der Waals surface area contributed by atoms with Gasteiger partial charge >= 0.3 is 0 Å². The summed E-state index contributed by atoms with van der Waals surface area (Å²) in [5, 5.41) is -0.0315. The Morgan fingerprint density at radius 2 is 1.57 bits per heavy atom. The highest BCUT2D eigenvalue weighted by atomic mass is 35.5. The standard InChI is InChI=1S/C15H14ClNO3S/c1-9-4-6-12(7-5-9)21(19,20)17-14-8-13(16)15(18)11(3)10(14)2/h4-8H,1-3H3/b17-14-. The molecule has 4 nitrogen and oxygen atoms in total. The van der Waals surface area contributed by atoms with Crippen molar-refractivity contribution in [2.45, 2.75) is 25.7 Å². The summed E-state index contributed by atoms with van der Waals surface area (Å²) in [6.07, 6.45) is 1.29. The lowest BCUT2D eigenvalue weighted by molar-refractivity contribution is -0.111. The third kappa shape index (κ3) is 3.14. The number of Topliss-reactive ketones (excluding diaryl/α,β-unsaturated/α-hetero) is 1. The van der Waals surface area contributed by atoms with Crippen LogP contribution >= 0.6 is 11.6 Å². The number of benzene rings is 1. The molecule has 1 aromatic rings. The van der Waals surface area contributed by atoms with Crippen molar-refractivity contribution in [1.82, 2.24) is 0 Å². The maximum Gasteiger partial charge on any atom is 0.282 e. The van der Waals surface area contributed by atoms with Crippen LogP contribution < -0.4 is 0 Å². The van der Waals surface area contributed by atoms with Gasteiger partial charge in [-0.3, -0.25) is 4.79 Å². The lowest BCUT2D eigenvalue weighted by atomic mass is 9.97. The molecule has 0 N–H and O–H groups in total. The van der Waals surface area contributed by atoms with Crippen molar-refractivity contribution < 1.29 is 13.2 Å². The first-order chi connectivity index (χ1) is 9.72. The maximum atomic E-state index is 12.3. The number of carbonyl (C=O) groups is 1. The van der Waals surface area contributed by atoms with Crippen LogP contribution in [0.2, 0.25) is 0 Å². The van der Waals surface area contributed by atoms with Gasteiger partial charge < -0.3 is 0 Å². The van der Waals surface area contributed by atoms with E-state index in [1.165, 1.54) is 18.2 Å². The Morgan fingerprint density at radius 1 is 1.00 bits per heavy atom. The van der Waals surface area contributed by atoms with Crippen LogP contribution in [0.3, 0.4) is 0 Å². The number of sulfonamides is 1. The SMILES string of the molecule is CC1=C(C)/C(=N\S(=O)(=O)c2ccc(C)cc2)C=C(Cl)C1=O. The van der Waals surface area contributed by atoms with Gasteiger partial charge in [0.2, 0.25) is 0 Å². The van der Waals surface area contributed by atoms with Crippen LogP contribution in [-0.2, 0) is 14.8 Å². The molecule has 0 heterocycles. The van der Waals surface area contributed by atoms with Crippen LogP contribution in [0.5, 0.6) is 0 Å². The summed E-state index contributed by atoms with van der Waals surface area (Å²) in [5.41, 5.74) is 2.07. The number of ketones is 1. The topological polar surface area (TPSA) is 63.6 Å². The van der Waals surface area contributed by atoms with Crippen molar-refractivity contribution in [3.05, 3.63) is 52.1 Å². The fraction of sp³-hybridized carbons (Fsp3) is 0.200. The molecule has 0 amide bonds. The van der Waals surface area contributed by atoms with Crippen LogP contribution in [0.15, 0.2) is 55.8 Å². The second kappa shape index (κ2) is 5.58. The quantitative estimate of drug-likeness (QED) is 0.785. The minimum Gasteiger partial charge on any atom is -0.288 e. The van der Waals surface area contributed by atoms with Crippen molar-refractivity contribution in [2.24, 2.45) is 4.40 Å². The molecule has 2 rings (SSSR count). The summed E-state index contributed by atoms with van der Waals surface area (Å²) in [4.78, 5) is 11.8. The molecule has 0 saturated heterocycles. The predicted octanol–water partition coefficient (Wildman–Crippen LogP) is 3.17. The molecule has 6 heteroatoms. The number of allylic oxidation sites excluding steroid dienone is 4. The molecule has 110 valence electrons. The molecule has 0 bridgehead atoms. The van der Waals surface area contributed by atoms with E-state index >= 15 is 0 Å². The summed E-state index contributed by atoms with van der Waals surface area (Å²) in [6, 6.07) is 6.41. The molecule has 0 aromatic heterocycles. The van der Waals surface area contributed by atoms with Gasteiger partial charge in [0.05, 0.1) is 15.6 Å². The first-order valence-electron chi connectivity index (χ1n) is 6.24. The van der Waals surface area contributed by atoms with Gasteiger partial charge in [0.25, 0.3) is 10.0 Å². The largest absolute Gasteiger partial charge is 0.288 e. The van der Waals surface area contributed by atoms with Gasteiger partial charge in [-0.1, -0.05) is 29.3 Å². The van der Waals surface area contributed by atoms with E-state index in [2.05, 4.69) is 4.40 Å². The zero-order valence-corrected chi connectivity index (χ0v) is 13.4. The van der Waals surface area contributed by atoms with E-state index in [9.17, 15) is 13.2 Å². The van der Waals surface area contributed by atoms with Gasteiger partial charge in [-0.05, 0) is 44.6 Å². The number of aryl methyl sites for hydroxylation is 1. The molecule has 0 atom stereocenters. The summed E-state index contributed by atoms with van der Waals surface area (Å²) in [5.74, 6) is -0.305. The van der Waals surface area contributed by atoms with E-state index in [0.717, 1.165) is 5.56 Å². The van der Waals surface area contributed by atoms with E-state index in [1.54, 1.807) is 26.0 Å². The molecular weight excluding hydrogens is 310 g/mol. The predicted molar refractivity (Wildman–Crippen MR) is 83.1 cm³/mol. The van der Waals surface area contributed by atoms with Crippen molar-refractivity contribution in [3.8, 4) is 0 Å². The summed E-state index contributed by atoms with van der Waals surface area (Å²) in [6.45, 7) is 5.12. The minimum absolute atomic E-state index is 0.0315. The molecular formula is C15H14ClNO3S. The van der Waals surface area contributed by atoms with Crippen LogP contribution in [0.25, 0.3) is 0 Å². The second-order valence-electron chi connectivity index (χ2n) is 4.84. The molecule has 1 aliphatic carbocycles. The number of nitrogens with zero attached hydrogens (tertiary/aromatic N) is 1. The number of hydrogen-bond donors (Lipinski definition) is 0. The number of rotatable bonds is 2. The van der Waals surface area contributed by atoms with E-state index in [-0.39, 0.29) is 21.4 Å². The molecule has 0 fully saturated rings. The van der Waals surface area contributed by atoms with Crippen LogP contribution in [-0.4, -0.2) is 19.9 Å². The average Bonchev–Trinajstić information content (AvgIpc) is 2.42. The highest BCUT2D eigenvalue weighted by molar-refractivity contribution is 7.90. The summed E-state index contributed by atoms with van der Waals surface area (Å²) < 4.78 is 28.4. The first-order valence-corrected chi connectivity index (χ1v) is 8.05. The lowest BCUT2D eigenvalue weighted by Crippen LogP contribution is -2.15. The number of carbonyl (C=O) groups excluding carboxylic acids is 1.